The third-order valence-electron chi connectivity index (χ3n) is 11.1. The molecule has 0 atom stereocenters. The van der Waals surface area contributed by atoms with Crippen LogP contribution in [0.15, 0.2) is 162 Å². The van der Waals surface area contributed by atoms with Crippen molar-refractivity contribution < 1.29 is 4.42 Å². The molecule has 0 saturated carbocycles. The average molecular weight is 693 g/mol. The SMILES string of the molecule is CC1(C)c2ccccc2-c2cccc(-c3nc(-c4ccccc4)nc(-c4cccc5c4ccc4ccc6ccc7nc(-c8ccccc8)oc7c6c45)n3)c21. The van der Waals surface area contributed by atoms with Crippen molar-refractivity contribution in [1.82, 2.24) is 19.9 Å². The van der Waals surface area contributed by atoms with Gasteiger partial charge in [-0.2, -0.15) is 0 Å². The van der Waals surface area contributed by atoms with Crippen molar-refractivity contribution in [3.8, 4) is 56.7 Å². The predicted molar refractivity (Wildman–Crippen MR) is 219 cm³/mol. The first-order chi connectivity index (χ1) is 26.5. The Balaban J connectivity index is 1.17. The number of fused-ring (bicyclic) bond motifs is 10. The zero-order valence-corrected chi connectivity index (χ0v) is 29.7. The molecule has 0 unspecified atom stereocenters. The highest BCUT2D eigenvalue weighted by atomic mass is 16.3. The first kappa shape index (κ1) is 30.6. The summed E-state index contributed by atoms with van der Waals surface area (Å²) < 4.78 is 6.60. The maximum atomic E-state index is 6.60. The summed E-state index contributed by atoms with van der Waals surface area (Å²) in [6.07, 6.45) is 0. The molecule has 5 nitrogen and oxygen atoms in total. The molecule has 0 fully saturated rings. The molecule has 1 aliphatic carbocycles. The molecule has 1 aliphatic rings. The zero-order valence-electron chi connectivity index (χ0n) is 29.7. The molecule has 8 aromatic carbocycles. The van der Waals surface area contributed by atoms with Crippen LogP contribution in [-0.2, 0) is 5.41 Å². The molecule has 0 amide bonds. The fourth-order valence-electron chi connectivity index (χ4n) is 8.64. The Bertz CT molecular complexity index is 3130. The van der Waals surface area contributed by atoms with Crippen molar-refractivity contribution >= 4 is 43.4 Å². The quantitative estimate of drug-likeness (QED) is 0.172. The van der Waals surface area contributed by atoms with Gasteiger partial charge in [-0.25, -0.2) is 19.9 Å². The maximum absolute atomic E-state index is 6.60. The topological polar surface area (TPSA) is 64.7 Å². The van der Waals surface area contributed by atoms with Gasteiger partial charge in [0.05, 0.1) is 0 Å². The Morgan fingerprint density at radius 1 is 0.426 bits per heavy atom. The minimum atomic E-state index is -0.228. The monoisotopic (exact) mass is 692 g/mol. The second kappa shape index (κ2) is 11.5. The lowest BCUT2D eigenvalue weighted by Gasteiger charge is -2.24. The zero-order chi connectivity index (χ0) is 36.0. The molecule has 0 radical (unpaired) electrons. The van der Waals surface area contributed by atoms with E-state index in [0.717, 1.165) is 65.7 Å². The molecule has 2 heterocycles. The van der Waals surface area contributed by atoms with Crippen LogP contribution in [0.3, 0.4) is 0 Å². The van der Waals surface area contributed by atoms with E-state index in [0.29, 0.717) is 23.4 Å². The molecule has 254 valence electrons. The summed E-state index contributed by atoms with van der Waals surface area (Å²) >= 11 is 0. The number of aromatic nitrogens is 4. The van der Waals surface area contributed by atoms with E-state index in [-0.39, 0.29) is 5.41 Å². The van der Waals surface area contributed by atoms with Crippen molar-refractivity contribution in [3.05, 3.63) is 169 Å². The van der Waals surface area contributed by atoms with Crippen molar-refractivity contribution in [2.45, 2.75) is 19.3 Å². The minimum absolute atomic E-state index is 0.228. The molecule has 0 saturated heterocycles. The standard InChI is InChI=1S/C49H32N4O/c1-49(2)39-22-10-9-17-34(39)36-19-12-21-38(43(36)49)47-52-45(31-13-5-3-6-14-31)51-46(53-47)37-20-11-18-35-33(37)27-25-29-23-24-30-26-28-40-44(42(30)41(29)35)54-48(50-40)32-15-7-4-8-16-32/h3-28H,1-2H3. The van der Waals surface area contributed by atoms with Crippen LogP contribution in [0.5, 0.6) is 0 Å². The summed E-state index contributed by atoms with van der Waals surface area (Å²) in [6.45, 7) is 4.60. The summed E-state index contributed by atoms with van der Waals surface area (Å²) in [5, 5.41) is 6.54. The largest absolute Gasteiger partial charge is 0.435 e. The Hall–Kier alpha value is -6.98. The molecule has 10 aromatic rings. The highest BCUT2D eigenvalue weighted by Crippen LogP contribution is 2.52. The van der Waals surface area contributed by atoms with Crippen molar-refractivity contribution in [1.29, 1.82) is 0 Å². The summed E-state index contributed by atoms with van der Waals surface area (Å²) in [6, 6.07) is 54.9. The van der Waals surface area contributed by atoms with Crippen LogP contribution >= 0.6 is 0 Å². The summed E-state index contributed by atoms with van der Waals surface area (Å²) in [7, 11) is 0. The van der Waals surface area contributed by atoms with E-state index in [1.54, 1.807) is 0 Å². The van der Waals surface area contributed by atoms with E-state index in [4.69, 9.17) is 24.4 Å². The number of rotatable bonds is 4. The lowest BCUT2D eigenvalue weighted by atomic mass is 9.80. The number of hydrogen-bond acceptors (Lipinski definition) is 5. The van der Waals surface area contributed by atoms with E-state index in [1.165, 1.54) is 22.3 Å². The fraction of sp³-hybridized carbons (Fsp3) is 0.0612. The Labute approximate surface area is 311 Å². The van der Waals surface area contributed by atoms with E-state index in [1.807, 2.05) is 54.6 Å². The Morgan fingerprint density at radius 2 is 1.02 bits per heavy atom. The molecule has 0 bridgehead atoms. The smallest absolute Gasteiger partial charge is 0.227 e. The van der Waals surface area contributed by atoms with Crippen LogP contribution in [0.2, 0.25) is 0 Å². The predicted octanol–water partition coefficient (Wildman–Crippen LogP) is 12.4. The van der Waals surface area contributed by atoms with Crippen LogP contribution in [0.1, 0.15) is 25.0 Å². The van der Waals surface area contributed by atoms with Gasteiger partial charge in [0.1, 0.15) is 5.52 Å². The van der Waals surface area contributed by atoms with Gasteiger partial charge in [-0.15, -0.1) is 0 Å². The molecule has 5 heteroatoms. The number of oxazole rings is 1. The number of nitrogens with zero attached hydrogens (tertiary/aromatic N) is 4. The van der Waals surface area contributed by atoms with E-state index < -0.39 is 0 Å². The lowest BCUT2D eigenvalue weighted by Crippen LogP contribution is -2.17. The third kappa shape index (κ3) is 4.51. The third-order valence-corrected chi connectivity index (χ3v) is 11.1. The highest BCUT2D eigenvalue weighted by molar-refractivity contribution is 6.27. The maximum Gasteiger partial charge on any atom is 0.227 e. The van der Waals surface area contributed by atoms with Crippen LogP contribution in [-0.4, -0.2) is 19.9 Å². The Kier molecular flexibility index (Phi) is 6.53. The summed E-state index contributed by atoms with van der Waals surface area (Å²) in [5.74, 6) is 2.55. The van der Waals surface area contributed by atoms with Gasteiger partial charge in [-0.3, -0.25) is 0 Å². The van der Waals surface area contributed by atoms with Crippen LogP contribution in [0.25, 0.3) is 100 Å². The van der Waals surface area contributed by atoms with Crippen molar-refractivity contribution in [2.75, 3.05) is 0 Å². The minimum Gasteiger partial charge on any atom is -0.435 e. The van der Waals surface area contributed by atoms with Crippen molar-refractivity contribution in [3.63, 3.8) is 0 Å². The van der Waals surface area contributed by atoms with Gasteiger partial charge in [-0.05, 0) is 62.0 Å². The number of hydrogen-bond donors (Lipinski definition) is 0. The van der Waals surface area contributed by atoms with Gasteiger partial charge in [0, 0.05) is 38.4 Å². The van der Waals surface area contributed by atoms with E-state index in [2.05, 4.69) is 117 Å². The second-order valence-electron chi connectivity index (χ2n) is 14.6. The van der Waals surface area contributed by atoms with Crippen LogP contribution in [0, 0.1) is 0 Å². The summed E-state index contributed by atoms with van der Waals surface area (Å²) in [5.41, 5.74) is 10.3. The first-order valence-corrected chi connectivity index (χ1v) is 18.3. The van der Waals surface area contributed by atoms with Crippen molar-refractivity contribution in [2.24, 2.45) is 0 Å². The molecule has 0 aliphatic heterocycles. The van der Waals surface area contributed by atoms with Gasteiger partial charge < -0.3 is 4.42 Å². The van der Waals surface area contributed by atoms with Crippen LogP contribution in [0.4, 0.5) is 0 Å². The molecular weight excluding hydrogens is 661 g/mol. The van der Waals surface area contributed by atoms with Gasteiger partial charge >= 0.3 is 0 Å². The Morgan fingerprint density at radius 3 is 1.83 bits per heavy atom. The van der Waals surface area contributed by atoms with Crippen LogP contribution < -0.4 is 0 Å². The highest BCUT2D eigenvalue weighted by Gasteiger charge is 2.38. The van der Waals surface area contributed by atoms with E-state index in [9.17, 15) is 0 Å². The molecule has 54 heavy (non-hydrogen) atoms. The average Bonchev–Trinajstić information content (AvgIpc) is 3.77. The molecule has 11 rings (SSSR count). The van der Waals surface area contributed by atoms with E-state index >= 15 is 0 Å². The first-order valence-electron chi connectivity index (χ1n) is 18.3. The lowest BCUT2D eigenvalue weighted by molar-refractivity contribution is 0.623. The normalized spacial score (nSPS) is 13.1. The molecule has 0 spiro atoms. The van der Waals surface area contributed by atoms with Gasteiger partial charge in [0.15, 0.2) is 23.1 Å². The van der Waals surface area contributed by atoms with Gasteiger partial charge in [-0.1, -0.05) is 153 Å². The summed E-state index contributed by atoms with van der Waals surface area (Å²) in [4.78, 5) is 20.6. The fourth-order valence-corrected chi connectivity index (χ4v) is 8.64. The van der Waals surface area contributed by atoms with Gasteiger partial charge in [0.25, 0.3) is 0 Å². The molecular formula is C49H32N4O. The second-order valence-corrected chi connectivity index (χ2v) is 14.6. The number of benzene rings is 8. The van der Waals surface area contributed by atoms with Gasteiger partial charge in [0.2, 0.25) is 5.89 Å². The molecule has 2 aromatic heterocycles. The molecule has 0 N–H and O–H groups in total.